The highest BCUT2D eigenvalue weighted by atomic mass is 19.1. The number of hydrogen-bond acceptors (Lipinski definition) is 2. The fraction of sp³-hybridized carbons (Fsp3) is 0.625. The topological polar surface area (TPSA) is 21.3 Å². The summed E-state index contributed by atoms with van der Waals surface area (Å²) in [6.45, 7) is 2.79. The van der Waals surface area contributed by atoms with E-state index >= 15 is 0 Å². The molecule has 1 aliphatic carbocycles. The SMILES string of the molecule is CCOC1(C(Cc2cccc(F)c2)NC)CCCC1. The van der Waals surface area contributed by atoms with Gasteiger partial charge in [-0.2, -0.15) is 0 Å². The van der Waals surface area contributed by atoms with Crippen molar-refractivity contribution in [3.05, 3.63) is 35.6 Å². The average Bonchev–Trinajstić information content (AvgIpc) is 2.86. The molecule has 1 aromatic carbocycles. The first-order chi connectivity index (χ1) is 9.20. The lowest BCUT2D eigenvalue weighted by Gasteiger charge is -2.37. The molecule has 0 radical (unpaired) electrons. The molecule has 0 saturated heterocycles. The van der Waals surface area contributed by atoms with E-state index in [1.807, 2.05) is 13.1 Å². The van der Waals surface area contributed by atoms with Gasteiger partial charge in [-0.15, -0.1) is 0 Å². The first-order valence-corrected chi connectivity index (χ1v) is 7.26. The van der Waals surface area contributed by atoms with E-state index in [4.69, 9.17) is 4.74 Å². The zero-order chi connectivity index (χ0) is 13.7. The van der Waals surface area contributed by atoms with E-state index in [-0.39, 0.29) is 17.5 Å². The zero-order valence-corrected chi connectivity index (χ0v) is 11.9. The molecule has 2 nitrogen and oxygen atoms in total. The molecule has 1 saturated carbocycles. The Labute approximate surface area is 115 Å². The van der Waals surface area contributed by atoms with Crippen molar-refractivity contribution < 1.29 is 9.13 Å². The number of halogens is 1. The minimum Gasteiger partial charge on any atom is -0.374 e. The summed E-state index contributed by atoms with van der Waals surface area (Å²) in [4.78, 5) is 0. The maximum Gasteiger partial charge on any atom is 0.123 e. The third-order valence-corrected chi connectivity index (χ3v) is 4.19. The van der Waals surface area contributed by atoms with E-state index < -0.39 is 0 Å². The summed E-state index contributed by atoms with van der Waals surface area (Å²) in [5.41, 5.74) is 0.959. The Morgan fingerprint density at radius 1 is 1.37 bits per heavy atom. The molecule has 0 amide bonds. The minimum absolute atomic E-state index is 0.0736. The van der Waals surface area contributed by atoms with Gasteiger partial charge < -0.3 is 10.1 Å². The first-order valence-electron chi connectivity index (χ1n) is 7.26. The first kappa shape index (κ1) is 14.5. The van der Waals surface area contributed by atoms with Gasteiger partial charge in [-0.05, 0) is 50.9 Å². The molecule has 1 N–H and O–H groups in total. The van der Waals surface area contributed by atoms with Crippen molar-refractivity contribution in [2.24, 2.45) is 0 Å². The number of rotatable bonds is 6. The van der Waals surface area contributed by atoms with Gasteiger partial charge in [0.05, 0.1) is 5.60 Å². The lowest BCUT2D eigenvalue weighted by Crippen LogP contribution is -2.51. The van der Waals surface area contributed by atoms with Gasteiger partial charge in [0.25, 0.3) is 0 Å². The molecular formula is C16H24FNO. The molecule has 19 heavy (non-hydrogen) atoms. The van der Waals surface area contributed by atoms with E-state index in [0.29, 0.717) is 0 Å². The number of benzene rings is 1. The fourth-order valence-electron chi connectivity index (χ4n) is 3.31. The van der Waals surface area contributed by atoms with Crippen LogP contribution in [0.3, 0.4) is 0 Å². The number of ether oxygens (including phenoxy) is 1. The molecule has 1 aliphatic rings. The summed E-state index contributed by atoms with van der Waals surface area (Å²) < 4.78 is 19.4. The lowest BCUT2D eigenvalue weighted by molar-refractivity contribution is -0.0597. The smallest absolute Gasteiger partial charge is 0.123 e. The molecule has 1 atom stereocenters. The highest BCUT2D eigenvalue weighted by Gasteiger charge is 2.41. The summed E-state index contributed by atoms with van der Waals surface area (Å²) >= 11 is 0. The summed E-state index contributed by atoms with van der Waals surface area (Å²) in [6.07, 6.45) is 5.46. The van der Waals surface area contributed by atoms with Crippen molar-refractivity contribution in [3.63, 3.8) is 0 Å². The second-order valence-electron chi connectivity index (χ2n) is 5.38. The van der Waals surface area contributed by atoms with Crippen molar-refractivity contribution >= 4 is 0 Å². The molecular weight excluding hydrogens is 241 g/mol. The quantitative estimate of drug-likeness (QED) is 0.852. The predicted octanol–water partition coefficient (Wildman–Crippen LogP) is 3.31. The Hall–Kier alpha value is -0.930. The van der Waals surface area contributed by atoms with Crippen LogP contribution in [0.2, 0.25) is 0 Å². The Balaban J connectivity index is 2.14. The normalized spacial score (nSPS) is 19.5. The predicted molar refractivity (Wildman–Crippen MR) is 75.8 cm³/mol. The van der Waals surface area contributed by atoms with Crippen molar-refractivity contribution in [2.75, 3.05) is 13.7 Å². The van der Waals surface area contributed by atoms with Gasteiger partial charge in [0.2, 0.25) is 0 Å². The van der Waals surface area contributed by atoms with Crippen molar-refractivity contribution in [2.45, 2.75) is 50.7 Å². The van der Waals surface area contributed by atoms with E-state index in [9.17, 15) is 4.39 Å². The molecule has 0 aliphatic heterocycles. The Bertz CT molecular complexity index is 401. The molecule has 0 heterocycles. The van der Waals surface area contributed by atoms with Crippen LogP contribution in [0.1, 0.15) is 38.2 Å². The van der Waals surface area contributed by atoms with Gasteiger partial charge in [-0.3, -0.25) is 0 Å². The highest BCUT2D eigenvalue weighted by molar-refractivity contribution is 5.19. The molecule has 0 aromatic heterocycles. The second kappa shape index (κ2) is 6.49. The fourth-order valence-corrected chi connectivity index (χ4v) is 3.31. The number of likely N-dealkylation sites (N-methyl/N-ethyl adjacent to an activating group) is 1. The summed E-state index contributed by atoms with van der Waals surface area (Å²) in [6, 6.07) is 7.13. The number of nitrogens with one attached hydrogen (secondary N) is 1. The molecule has 0 spiro atoms. The largest absolute Gasteiger partial charge is 0.374 e. The maximum atomic E-state index is 13.3. The molecule has 1 unspecified atom stereocenters. The van der Waals surface area contributed by atoms with Crippen LogP contribution in [-0.4, -0.2) is 25.3 Å². The maximum absolute atomic E-state index is 13.3. The third-order valence-electron chi connectivity index (χ3n) is 4.19. The van der Waals surface area contributed by atoms with Crippen molar-refractivity contribution in [1.29, 1.82) is 0 Å². The zero-order valence-electron chi connectivity index (χ0n) is 11.9. The summed E-state index contributed by atoms with van der Waals surface area (Å²) in [7, 11) is 1.98. The van der Waals surface area contributed by atoms with Crippen LogP contribution < -0.4 is 5.32 Å². The van der Waals surface area contributed by atoms with Gasteiger partial charge in [0.15, 0.2) is 0 Å². The lowest BCUT2D eigenvalue weighted by atomic mass is 9.87. The molecule has 3 heteroatoms. The molecule has 1 fully saturated rings. The van der Waals surface area contributed by atoms with Crippen molar-refractivity contribution in [1.82, 2.24) is 5.32 Å². The van der Waals surface area contributed by atoms with Crippen LogP contribution in [0.25, 0.3) is 0 Å². The van der Waals surface area contributed by atoms with E-state index in [2.05, 4.69) is 12.2 Å². The Morgan fingerprint density at radius 2 is 2.11 bits per heavy atom. The highest BCUT2D eigenvalue weighted by Crippen LogP contribution is 2.37. The van der Waals surface area contributed by atoms with Gasteiger partial charge in [0.1, 0.15) is 5.82 Å². The summed E-state index contributed by atoms with van der Waals surface area (Å²) in [5, 5.41) is 3.39. The Morgan fingerprint density at radius 3 is 2.68 bits per heavy atom. The van der Waals surface area contributed by atoms with Crippen LogP contribution in [0, 0.1) is 5.82 Å². The second-order valence-corrected chi connectivity index (χ2v) is 5.38. The van der Waals surface area contributed by atoms with E-state index in [0.717, 1.165) is 31.4 Å². The van der Waals surface area contributed by atoms with E-state index in [1.54, 1.807) is 12.1 Å². The Kier molecular flexibility index (Phi) is 4.94. The van der Waals surface area contributed by atoms with Gasteiger partial charge in [-0.1, -0.05) is 25.0 Å². The summed E-state index contributed by atoms with van der Waals surface area (Å²) in [5.74, 6) is -0.163. The van der Waals surface area contributed by atoms with Crippen LogP contribution in [0.15, 0.2) is 24.3 Å². The van der Waals surface area contributed by atoms with Gasteiger partial charge in [-0.25, -0.2) is 4.39 Å². The van der Waals surface area contributed by atoms with Gasteiger partial charge >= 0.3 is 0 Å². The third kappa shape index (κ3) is 3.34. The van der Waals surface area contributed by atoms with Crippen LogP contribution in [-0.2, 0) is 11.2 Å². The molecule has 106 valence electrons. The van der Waals surface area contributed by atoms with E-state index in [1.165, 1.54) is 18.9 Å². The molecule has 1 aromatic rings. The van der Waals surface area contributed by atoms with Crippen LogP contribution in [0.4, 0.5) is 4.39 Å². The standard InChI is InChI=1S/C16H24FNO/c1-3-19-16(9-4-5-10-16)15(18-2)12-13-7-6-8-14(17)11-13/h6-8,11,15,18H,3-5,9-10,12H2,1-2H3. The van der Waals surface area contributed by atoms with Gasteiger partial charge in [0, 0.05) is 12.6 Å². The number of hydrogen-bond donors (Lipinski definition) is 1. The molecule has 2 rings (SSSR count). The minimum atomic E-state index is -0.163. The van der Waals surface area contributed by atoms with Crippen molar-refractivity contribution in [3.8, 4) is 0 Å². The monoisotopic (exact) mass is 265 g/mol. The average molecular weight is 265 g/mol. The van der Waals surface area contributed by atoms with Crippen LogP contribution >= 0.6 is 0 Å². The molecule has 0 bridgehead atoms. The van der Waals surface area contributed by atoms with Crippen LogP contribution in [0.5, 0.6) is 0 Å².